The van der Waals surface area contributed by atoms with E-state index in [1.165, 1.54) is 0 Å². The molecule has 0 amide bonds. The molecule has 4 aromatic carbocycles. The standard InChI is InChI=1S/C33H34Cl2N4O6/c34-28-17-25(19-36)31(43-20-22-7-8-29-30(15-22)38-45-37-29)18-32(28)44-21-24-4-2-6-27(33(24)35)23-3-1-5-26(16-23)42-14-11-39(9-12-40)10-13-41/h1-8,15-18,40-41H,9-14,19-21,36H2. The van der Waals surface area contributed by atoms with Crippen LogP contribution in [0.25, 0.3) is 22.2 Å². The maximum atomic E-state index is 9.21. The van der Waals surface area contributed by atoms with Crippen LogP contribution in [-0.2, 0) is 19.8 Å². The Balaban J connectivity index is 1.26. The number of rotatable bonds is 16. The Morgan fingerprint density at radius 3 is 2.33 bits per heavy atom. The molecule has 0 radical (unpaired) electrons. The van der Waals surface area contributed by atoms with E-state index in [-0.39, 0.29) is 33.0 Å². The monoisotopic (exact) mass is 652 g/mol. The zero-order chi connectivity index (χ0) is 31.6. The highest BCUT2D eigenvalue weighted by Gasteiger charge is 2.14. The van der Waals surface area contributed by atoms with E-state index in [4.69, 9.17) is 47.8 Å². The van der Waals surface area contributed by atoms with Gasteiger partial charge in [0.1, 0.15) is 48.1 Å². The maximum Gasteiger partial charge on any atom is 0.142 e. The minimum absolute atomic E-state index is 0.0226. The SMILES string of the molecule is NCc1cc(Cl)c(OCc2cccc(-c3cccc(OCCN(CCO)CCO)c3)c2Cl)cc1OCc1ccc2nonc2c1. The van der Waals surface area contributed by atoms with Crippen molar-refractivity contribution >= 4 is 34.2 Å². The molecule has 5 aromatic rings. The van der Waals surface area contributed by atoms with Crippen LogP contribution in [0.4, 0.5) is 0 Å². The third kappa shape index (κ3) is 8.43. The molecule has 0 aliphatic carbocycles. The van der Waals surface area contributed by atoms with Crippen molar-refractivity contribution < 1.29 is 29.1 Å². The fourth-order valence-corrected chi connectivity index (χ4v) is 5.32. The van der Waals surface area contributed by atoms with Gasteiger partial charge in [-0.2, -0.15) is 0 Å². The summed E-state index contributed by atoms with van der Waals surface area (Å²) < 4.78 is 23.0. The largest absolute Gasteiger partial charge is 0.492 e. The van der Waals surface area contributed by atoms with Crippen molar-refractivity contribution in [2.24, 2.45) is 5.73 Å². The average Bonchev–Trinajstić information content (AvgIpc) is 3.52. The van der Waals surface area contributed by atoms with Crippen LogP contribution in [-0.4, -0.2) is 64.9 Å². The van der Waals surface area contributed by atoms with Gasteiger partial charge in [0, 0.05) is 48.9 Å². The lowest BCUT2D eigenvalue weighted by Gasteiger charge is -2.20. The summed E-state index contributed by atoms with van der Waals surface area (Å²) in [6, 6.07) is 22.5. The Morgan fingerprint density at radius 1 is 0.756 bits per heavy atom. The molecule has 5 rings (SSSR count). The summed E-state index contributed by atoms with van der Waals surface area (Å²) >= 11 is 13.4. The number of nitrogens with zero attached hydrogens (tertiary/aromatic N) is 3. The first-order chi connectivity index (χ1) is 22.0. The van der Waals surface area contributed by atoms with Crippen molar-refractivity contribution in [3.63, 3.8) is 0 Å². The molecule has 0 spiro atoms. The third-order valence-electron chi connectivity index (χ3n) is 7.16. The lowest BCUT2D eigenvalue weighted by atomic mass is 10.0. The highest BCUT2D eigenvalue weighted by atomic mass is 35.5. The van der Waals surface area contributed by atoms with E-state index in [1.807, 2.05) is 65.6 Å². The molecule has 0 fully saturated rings. The molecule has 4 N–H and O–H groups in total. The summed E-state index contributed by atoms with van der Waals surface area (Å²) in [6.07, 6.45) is 0. The molecule has 0 saturated heterocycles. The topological polar surface area (TPSA) is 136 Å². The molecule has 10 nitrogen and oxygen atoms in total. The van der Waals surface area contributed by atoms with E-state index in [9.17, 15) is 10.2 Å². The Morgan fingerprint density at radius 2 is 1.53 bits per heavy atom. The zero-order valence-corrected chi connectivity index (χ0v) is 26.0. The van der Waals surface area contributed by atoms with Crippen LogP contribution in [0.15, 0.2) is 77.4 Å². The van der Waals surface area contributed by atoms with Crippen molar-refractivity contribution in [3.8, 4) is 28.4 Å². The summed E-state index contributed by atoms with van der Waals surface area (Å²) in [5, 5.41) is 27.1. The van der Waals surface area contributed by atoms with E-state index in [2.05, 4.69) is 10.3 Å². The van der Waals surface area contributed by atoms with Gasteiger partial charge in [-0.3, -0.25) is 4.90 Å². The van der Waals surface area contributed by atoms with E-state index in [1.54, 1.807) is 12.1 Å². The molecule has 0 unspecified atom stereocenters. The fourth-order valence-electron chi connectivity index (χ4n) is 4.79. The summed E-state index contributed by atoms with van der Waals surface area (Å²) in [7, 11) is 0. The van der Waals surface area contributed by atoms with Crippen LogP contribution in [0.3, 0.4) is 0 Å². The van der Waals surface area contributed by atoms with Crippen molar-refractivity contribution in [3.05, 3.63) is 99.5 Å². The minimum atomic E-state index is 0.0226. The van der Waals surface area contributed by atoms with Gasteiger partial charge < -0.3 is 30.2 Å². The number of hydrogen-bond acceptors (Lipinski definition) is 10. The molecule has 1 heterocycles. The molecule has 236 valence electrons. The second kappa shape index (κ2) is 15.9. The van der Waals surface area contributed by atoms with Crippen molar-refractivity contribution in [2.75, 3.05) is 39.5 Å². The second-order valence-corrected chi connectivity index (χ2v) is 11.0. The maximum absolute atomic E-state index is 9.21. The van der Waals surface area contributed by atoms with Gasteiger partial charge in [0.05, 0.1) is 23.3 Å². The molecule has 12 heteroatoms. The van der Waals surface area contributed by atoms with Gasteiger partial charge in [-0.1, -0.05) is 59.6 Å². The Labute approximate surface area is 270 Å². The van der Waals surface area contributed by atoms with Gasteiger partial charge in [0.15, 0.2) is 0 Å². The predicted molar refractivity (Wildman–Crippen MR) is 173 cm³/mol. The van der Waals surface area contributed by atoms with Crippen LogP contribution < -0.4 is 19.9 Å². The first-order valence-corrected chi connectivity index (χ1v) is 15.2. The van der Waals surface area contributed by atoms with Crippen molar-refractivity contribution in [2.45, 2.75) is 19.8 Å². The summed E-state index contributed by atoms with van der Waals surface area (Å²) in [5.41, 5.74) is 11.4. The molecule has 0 saturated carbocycles. The number of halogens is 2. The summed E-state index contributed by atoms with van der Waals surface area (Å²) in [4.78, 5) is 1.94. The number of aliphatic hydroxyl groups is 2. The number of benzene rings is 4. The lowest BCUT2D eigenvalue weighted by molar-refractivity contribution is 0.141. The molecular weight excluding hydrogens is 619 g/mol. The van der Waals surface area contributed by atoms with Gasteiger partial charge in [-0.15, -0.1) is 0 Å². The van der Waals surface area contributed by atoms with Crippen molar-refractivity contribution in [1.29, 1.82) is 0 Å². The summed E-state index contributed by atoms with van der Waals surface area (Å²) in [6.45, 7) is 2.67. The van der Waals surface area contributed by atoms with Gasteiger partial charge in [-0.05, 0) is 51.8 Å². The van der Waals surface area contributed by atoms with Crippen LogP contribution in [0.1, 0.15) is 16.7 Å². The first-order valence-electron chi connectivity index (χ1n) is 14.4. The second-order valence-electron chi connectivity index (χ2n) is 10.2. The predicted octanol–water partition coefficient (Wildman–Crippen LogP) is 5.48. The van der Waals surface area contributed by atoms with Crippen LogP contribution in [0.2, 0.25) is 10.0 Å². The first kappa shape index (κ1) is 32.5. The molecular formula is C33H34Cl2N4O6. The molecule has 0 aliphatic heterocycles. The molecule has 45 heavy (non-hydrogen) atoms. The number of nitrogens with two attached hydrogens (primary N) is 1. The smallest absolute Gasteiger partial charge is 0.142 e. The summed E-state index contributed by atoms with van der Waals surface area (Å²) in [5.74, 6) is 1.69. The fraction of sp³-hybridized carbons (Fsp3) is 0.273. The van der Waals surface area contributed by atoms with Gasteiger partial charge in [-0.25, -0.2) is 4.63 Å². The van der Waals surface area contributed by atoms with Gasteiger partial charge >= 0.3 is 0 Å². The highest BCUT2D eigenvalue weighted by molar-refractivity contribution is 6.34. The lowest BCUT2D eigenvalue weighted by Crippen LogP contribution is -2.33. The van der Waals surface area contributed by atoms with E-state index in [0.29, 0.717) is 64.6 Å². The molecule has 0 bridgehead atoms. The highest BCUT2D eigenvalue weighted by Crippen LogP contribution is 2.36. The van der Waals surface area contributed by atoms with Gasteiger partial charge in [0.2, 0.25) is 0 Å². The number of aliphatic hydroxyl groups excluding tert-OH is 2. The van der Waals surface area contributed by atoms with Crippen LogP contribution in [0.5, 0.6) is 17.2 Å². The van der Waals surface area contributed by atoms with Gasteiger partial charge in [0.25, 0.3) is 0 Å². The van der Waals surface area contributed by atoms with E-state index >= 15 is 0 Å². The Bertz CT molecular complexity index is 1710. The zero-order valence-electron chi connectivity index (χ0n) is 24.5. The molecule has 0 aliphatic rings. The number of aromatic nitrogens is 2. The normalized spacial score (nSPS) is 11.3. The number of hydrogen-bond donors (Lipinski definition) is 3. The van der Waals surface area contributed by atoms with Crippen LogP contribution in [0, 0.1) is 0 Å². The van der Waals surface area contributed by atoms with Crippen molar-refractivity contribution in [1.82, 2.24) is 15.2 Å². The number of ether oxygens (including phenoxy) is 3. The quantitative estimate of drug-likeness (QED) is 0.126. The molecule has 0 atom stereocenters. The van der Waals surface area contributed by atoms with Crippen LogP contribution >= 0.6 is 23.2 Å². The number of fused-ring (bicyclic) bond motifs is 1. The molecule has 1 aromatic heterocycles. The van der Waals surface area contributed by atoms with E-state index < -0.39 is 0 Å². The van der Waals surface area contributed by atoms with E-state index in [0.717, 1.165) is 27.8 Å². The Kier molecular flexibility index (Phi) is 11.5. The average molecular weight is 654 g/mol. The minimum Gasteiger partial charge on any atom is -0.492 e. The third-order valence-corrected chi connectivity index (χ3v) is 7.90. The Hall–Kier alpha value is -3.90.